The molecule has 1 amide bonds. The number of para-hydroxylation sites is 1. The van der Waals surface area contributed by atoms with Gasteiger partial charge in [0.25, 0.3) is 0 Å². The molecule has 0 fully saturated rings. The number of nitrogens with one attached hydrogen (secondary N) is 1. The molecule has 140 valence electrons. The first-order chi connectivity index (χ1) is 13.7. The second-order valence-electron chi connectivity index (χ2n) is 6.32. The van der Waals surface area contributed by atoms with Crippen LogP contribution in [0.3, 0.4) is 0 Å². The average Bonchev–Trinajstić information content (AvgIpc) is 3.39. The summed E-state index contributed by atoms with van der Waals surface area (Å²) in [6, 6.07) is 7.95. The van der Waals surface area contributed by atoms with E-state index in [1.807, 2.05) is 24.3 Å². The van der Waals surface area contributed by atoms with Crippen molar-refractivity contribution >= 4 is 39.6 Å². The standard InChI is InChI=1S/C17H15N9O2/c18-13-14(25-28-24-13)21-11(27)6-3-7-26-10-5-2-1-4-9(10)12-17(26)23-16-15(22-12)19-8-20-16/h1-2,4-5H,3,6-8H2,(H2,18,24)(H,21,25,27). The van der Waals surface area contributed by atoms with Gasteiger partial charge in [-0.05, 0) is 22.8 Å². The highest BCUT2D eigenvalue weighted by molar-refractivity contribution is 6.04. The summed E-state index contributed by atoms with van der Waals surface area (Å²) < 4.78 is 6.53. The summed E-state index contributed by atoms with van der Waals surface area (Å²) in [5.74, 6) is -0.0355. The smallest absolute Gasteiger partial charge is 0.225 e. The van der Waals surface area contributed by atoms with Crippen molar-refractivity contribution in [2.75, 3.05) is 17.7 Å². The minimum atomic E-state index is -0.219. The average molecular weight is 377 g/mol. The van der Waals surface area contributed by atoms with Crippen LogP contribution < -0.4 is 22.0 Å². The van der Waals surface area contributed by atoms with E-state index in [2.05, 4.69) is 44.8 Å². The van der Waals surface area contributed by atoms with Crippen LogP contribution in [-0.2, 0) is 11.3 Å². The predicted molar refractivity (Wildman–Crippen MR) is 98.8 cm³/mol. The Kier molecular flexibility index (Phi) is 3.71. The summed E-state index contributed by atoms with van der Waals surface area (Å²) in [5.41, 5.74) is 9.22. The van der Waals surface area contributed by atoms with Crippen molar-refractivity contribution < 1.29 is 9.42 Å². The lowest BCUT2D eigenvalue weighted by molar-refractivity contribution is -0.116. The highest BCUT2D eigenvalue weighted by Crippen LogP contribution is 2.25. The van der Waals surface area contributed by atoms with Gasteiger partial charge in [0.2, 0.25) is 17.5 Å². The number of nitrogen functional groups attached to an aromatic ring is 1. The molecule has 0 unspecified atom stereocenters. The van der Waals surface area contributed by atoms with E-state index in [4.69, 9.17) is 5.73 Å². The molecule has 28 heavy (non-hydrogen) atoms. The Morgan fingerprint density at radius 1 is 1.18 bits per heavy atom. The molecule has 0 aliphatic carbocycles. The highest BCUT2D eigenvalue weighted by Gasteiger charge is 2.16. The number of rotatable bonds is 5. The third-order valence-electron chi connectivity index (χ3n) is 4.55. The Hall–Kier alpha value is -3.89. The van der Waals surface area contributed by atoms with Gasteiger partial charge in [0.15, 0.2) is 16.6 Å². The Balaban J connectivity index is 1.43. The molecule has 0 saturated carbocycles. The molecular formula is C17H15N9O2. The number of anilines is 2. The van der Waals surface area contributed by atoms with E-state index < -0.39 is 0 Å². The van der Waals surface area contributed by atoms with Crippen LogP contribution in [0.4, 0.5) is 11.6 Å². The third kappa shape index (κ3) is 2.64. The Morgan fingerprint density at radius 2 is 2.00 bits per heavy atom. The maximum atomic E-state index is 12.1. The number of nitrogens with zero attached hydrogens (tertiary/aromatic N) is 7. The van der Waals surface area contributed by atoms with Crippen molar-refractivity contribution in [2.45, 2.75) is 19.4 Å². The first-order valence-electron chi connectivity index (χ1n) is 8.72. The van der Waals surface area contributed by atoms with Gasteiger partial charge in [-0.2, -0.15) is 0 Å². The zero-order valence-corrected chi connectivity index (χ0v) is 14.7. The van der Waals surface area contributed by atoms with Gasteiger partial charge in [-0.25, -0.2) is 24.6 Å². The highest BCUT2D eigenvalue weighted by atomic mass is 16.6. The van der Waals surface area contributed by atoms with Gasteiger partial charge in [-0.1, -0.05) is 18.2 Å². The van der Waals surface area contributed by atoms with E-state index >= 15 is 0 Å². The molecule has 0 saturated heterocycles. The Bertz CT molecular complexity index is 1340. The molecule has 11 nitrogen and oxygen atoms in total. The molecule has 0 spiro atoms. The molecule has 0 atom stereocenters. The Morgan fingerprint density at radius 3 is 2.82 bits per heavy atom. The van der Waals surface area contributed by atoms with Crippen LogP contribution in [0, 0.1) is 0 Å². The lowest BCUT2D eigenvalue weighted by Gasteiger charge is -2.06. The summed E-state index contributed by atoms with van der Waals surface area (Å²) in [6.07, 6.45) is 0.865. The van der Waals surface area contributed by atoms with Crippen LogP contribution in [-0.4, -0.2) is 37.4 Å². The van der Waals surface area contributed by atoms with Gasteiger partial charge >= 0.3 is 0 Å². The van der Waals surface area contributed by atoms with Crippen LogP contribution in [0.1, 0.15) is 12.8 Å². The fourth-order valence-corrected chi connectivity index (χ4v) is 3.28. The van der Waals surface area contributed by atoms with Gasteiger partial charge in [0, 0.05) is 18.4 Å². The molecule has 0 radical (unpaired) electrons. The molecule has 11 heteroatoms. The normalized spacial score (nSPS) is 12.7. The number of nitrogens with two attached hydrogens (primary N) is 1. The van der Waals surface area contributed by atoms with Gasteiger partial charge in [-0.15, -0.1) is 0 Å². The van der Waals surface area contributed by atoms with E-state index in [9.17, 15) is 4.79 Å². The summed E-state index contributed by atoms with van der Waals surface area (Å²) >= 11 is 0. The molecule has 1 aliphatic heterocycles. The zero-order valence-electron chi connectivity index (χ0n) is 14.7. The van der Waals surface area contributed by atoms with Crippen LogP contribution in [0.2, 0.25) is 0 Å². The van der Waals surface area contributed by atoms with Gasteiger partial charge in [0.05, 0.1) is 5.52 Å². The van der Waals surface area contributed by atoms with Crippen LogP contribution in [0.5, 0.6) is 0 Å². The molecule has 1 aromatic carbocycles. The number of aryl methyl sites for hydroxylation is 1. The molecule has 4 heterocycles. The number of fused-ring (bicyclic) bond motifs is 4. The van der Waals surface area contributed by atoms with Crippen LogP contribution in [0.25, 0.3) is 22.1 Å². The number of carbonyl (C=O) groups is 1. The molecule has 3 aromatic heterocycles. The summed E-state index contributed by atoms with van der Waals surface area (Å²) in [4.78, 5) is 30.0. The van der Waals surface area contributed by atoms with Crippen molar-refractivity contribution in [3.05, 3.63) is 35.2 Å². The minimum absolute atomic E-state index is 0.0500. The van der Waals surface area contributed by atoms with Crippen molar-refractivity contribution in [2.24, 2.45) is 9.98 Å². The molecule has 0 bridgehead atoms. The fraction of sp³-hybridized carbons (Fsp3) is 0.235. The summed E-state index contributed by atoms with van der Waals surface area (Å²) in [7, 11) is 0. The number of benzene rings is 1. The number of hydrogen-bond donors (Lipinski definition) is 2. The lowest BCUT2D eigenvalue weighted by atomic mass is 10.2. The number of aromatic nitrogens is 5. The molecule has 1 aliphatic rings. The van der Waals surface area contributed by atoms with E-state index in [1.165, 1.54) is 0 Å². The largest absolute Gasteiger partial charge is 0.378 e. The first kappa shape index (κ1) is 16.3. The van der Waals surface area contributed by atoms with Crippen molar-refractivity contribution in [3.8, 4) is 0 Å². The van der Waals surface area contributed by atoms with Gasteiger partial charge in [0.1, 0.15) is 12.2 Å². The van der Waals surface area contributed by atoms with Crippen molar-refractivity contribution in [1.82, 2.24) is 24.8 Å². The van der Waals surface area contributed by atoms with E-state index in [0.717, 1.165) is 22.1 Å². The molecule has 4 aromatic rings. The lowest BCUT2D eigenvalue weighted by Crippen LogP contribution is -2.29. The maximum absolute atomic E-state index is 12.1. The number of carbonyl (C=O) groups excluding carboxylic acids is 1. The monoisotopic (exact) mass is 377 g/mol. The van der Waals surface area contributed by atoms with Gasteiger partial charge < -0.3 is 15.6 Å². The first-order valence-corrected chi connectivity index (χ1v) is 8.72. The van der Waals surface area contributed by atoms with Crippen molar-refractivity contribution in [3.63, 3.8) is 0 Å². The summed E-state index contributed by atoms with van der Waals surface area (Å²) in [6.45, 7) is 0.953. The number of hydrogen-bond acceptors (Lipinski definition) is 9. The second kappa shape index (κ2) is 6.37. The number of amides is 1. The van der Waals surface area contributed by atoms with E-state index in [1.54, 1.807) is 0 Å². The molecular weight excluding hydrogens is 362 g/mol. The van der Waals surface area contributed by atoms with Gasteiger partial charge in [-0.3, -0.25) is 4.79 Å². The molecule has 5 rings (SSSR count). The SMILES string of the molecule is Nc1nonc1NC(=O)CCCn1c2ccccc2c2nc3c(nc21)=NCN=3. The molecule has 3 N–H and O–H groups in total. The summed E-state index contributed by atoms with van der Waals surface area (Å²) in [5, 5.41) is 10.6. The Labute approximate surface area is 157 Å². The topological polar surface area (TPSA) is 149 Å². The maximum Gasteiger partial charge on any atom is 0.225 e. The zero-order chi connectivity index (χ0) is 19.1. The van der Waals surface area contributed by atoms with Crippen LogP contribution >= 0.6 is 0 Å². The van der Waals surface area contributed by atoms with Crippen molar-refractivity contribution in [1.29, 1.82) is 0 Å². The third-order valence-corrected chi connectivity index (χ3v) is 4.55. The quantitative estimate of drug-likeness (QED) is 0.503. The van der Waals surface area contributed by atoms with E-state index in [-0.39, 0.29) is 24.0 Å². The van der Waals surface area contributed by atoms with Crippen LogP contribution in [0.15, 0.2) is 38.9 Å². The predicted octanol–water partition coefficient (Wildman–Crippen LogP) is 0.179. The fourth-order valence-electron chi connectivity index (χ4n) is 3.28. The second-order valence-corrected chi connectivity index (χ2v) is 6.32. The van der Waals surface area contributed by atoms with E-state index in [0.29, 0.717) is 30.6 Å². The minimum Gasteiger partial charge on any atom is -0.378 e.